The number of fused-ring (bicyclic) bond motifs is 5. The zero-order chi connectivity index (χ0) is 32.4. The van der Waals surface area contributed by atoms with Crippen molar-refractivity contribution in [2.24, 2.45) is 0 Å². The van der Waals surface area contributed by atoms with E-state index in [1.54, 1.807) is 35.2 Å². The van der Waals surface area contributed by atoms with Crippen LogP contribution in [0.2, 0.25) is 0 Å². The van der Waals surface area contributed by atoms with Gasteiger partial charge in [-0.1, -0.05) is 49.4 Å². The molecule has 1 fully saturated rings. The molecule has 47 heavy (non-hydrogen) atoms. The second-order valence-electron chi connectivity index (χ2n) is 13.5. The number of hydrogen-bond donors (Lipinski definition) is 3. The first-order valence-electron chi connectivity index (χ1n) is 17.2. The number of hydrogen-bond acceptors (Lipinski definition) is 6. The number of nitrogens with zero attached hydrogens (tertiary/aromatic N) is 2. The number of carbonyl (C=O) groups excluding carboxylic acids is 1. The van der Waals surface area contributed by atoms with Gasteiger partial charge in [0.05, 0.1) is 29.0 Å². The largest absolute Gasteiger partial charge is 0.487 e. The molecule has 4 aromatic rings. The molecule has 2 aromatic carbocycles. The van der Waals surface area contributed by atoms with Crippen LogP contribution < -0.4 is 20.9 Å². The highest BCUT2D eigenvalue weighted by Crippen LogP contribution is 2.49. The number of aromatic nitrogens is 2. The number of aryl methyl sites for hydroxylation is 3. The van der Waals surface area contributed by atoms with E-state index in [1.165, 1.54) is 17.5 Å². The highest BCUT2D eigenvalue weighted by atomic mass is 16.5. The van der Waals surface area contributed by atoms with Crippen molar-refractivity contribution < 1.29 is 14.6 Å². The Bertz CT molecular complexity index is 1800. The zero-order valence-electron chi connectivity index (χ0n) is 27.1. The summed E-state index contributed by atoms with van der Waals surface area (Å²) < 4.78 is 8.16. The number of ether oxygens (including phenoxy) is 1. The van der Waals surface area contributed by atoms with Gasteiger partial charge in [0.25, 0.3) is 11.5 Å². The van der Waals surface area contributed by atoms with Gasteiger partial charge in [0.1, 0.15) is 11.4 Å². The summed E-state index contributed by atoms with van der Waals surface area (Å²) in [6, 6.07) is 21.4. The van der Waals surface area contributed by atoms with Gasteiger partial charge in [0, 0.05) is 43.5 Å². The Kier molecular flexibility index (Phi) is 8.97. The lowest BCUT2D eigenvalue weighted by molar-refractivity contribution is -0.0382. The summed E-state index contributed by atoms with van der Waals surface area (Å²) in [6.45, 7) is 2.96. The van der Waals surface area contributed by atoms with E-state index in [-0.39, 0.29) is 23.1 Å². The normalized spacial score (nSPS) is 21.0. The Morgan fingerprint density at radius 1 is 1.04 bits per heavy atom. The minimum absolute atomic E-state index is 0.0437. The van der Waals surface area contributed by atoms with Crippen LogP contribution in [0.3, 0.4) is 0 Å². The van der Waals surface area contributed by atoms with Gasteiger partial charge in [-0.25, -0.2) is 0 Å². The standard InChI is InChI=1S/C39H44N4O4/c1-2-26-13-14-36-30(20-26)34(23-39(47-36)15-8-16-39)41-24-35(44)33-21-28-11-7-10-27(19-28)9-4-6-18-43-25-29(37(45)42-33)22-31(38(43)46)32-12-3-5-17-40-32/h3,5,7,10-14,17,19-20,22,25,33-35,41,44H,2,4,6,8-9,15-16,18,21,23-24H2,1H3,(H,42,45)/t33-,34-,35+/m0/s1. The van der Waals surface area contributed by atoms with E-state index < -0.39 is 12.1 Å². The number of benzene rings is 2. The Hall–Kier alpha value is -4.27. The van der Waals surface area contributed by atoms with Crippen molar-refractivity contribution in [3.8, 4) is 17.0 Å². The van der Waals surface area contributed by atoms with Gasteiger partial charge in [-0.2, -0.15) is 0 Å². The third kappa shape index (κ3) is 6.76. The first-order chi connectivity index (χ1) is 22.9. The SMILES string of the molecule is CCc1ccc2c(c1)[C@@H](NC[C@@H](O)[C@@H]1Cc3cccc(c3)CCCCn3cc(cc(-c4ccccn4)c3=O)C(=O)N1)CC1(CCC1)O2. The molecule has 0 unspecified atom stereocenters. The highest BCUT2D eigenvalue weighted by molar-refractivity contribution is 5.95. The summed E-state index contributed by atoms with van der Waals surface area (Å²) in [5, 5.41) is 18.6. The van der Waals surface area contributed by atoms with Gasteiger partial charge >= 0.3 is 0 Å². The molecular weight excluding hydrogens is 588 g/mol. The molecule has 7 rings (SSSR count). The topological polar surface area (TPSA) is 105 Å². The third-order valence-electron chi connectivity index (χ3n) is 10.2. The van der Waals surface area contributed by atoms with Crippen molar-refractivity contribution >= 4 is 5.91 Å². The summed E-state index contributed by atoms with van der Waals surface area (Å²) in [5.74, 6) is 0.604. The average Bonchev–Trinajstić information content (AvgIpc) is 3.08. The lowest BCUT2D eigenvalue weighted by Gasteiger charge is -2.48. The maximum Gasteiger partial charge on any atom is 0.260 e. The molecule has 2 aromatic heterocycles. The zero-order valence-corrected chi connectivity index (χ0v) is 27.1. The summed E-state index contributed by atoms with van der Waals surface area (Å²) >= 11 is 0. The molecule has 1 amide bonds. The predicted molar refractivity (Wildman–Crippen MR) is 183 cm³/mol. The predicted octanol–water partition coefficient (Wildman–Crippen LogP) is 5.55. The maximum absolute atomic E-state index is 14.0. The summed E-state index contributed by atoms with van der Waals surface area (Å²) in [6.07, 6.45) is 10.6. The first-order valence-corrected chi connectivity index (χ1v) is 17.2. The van der Waals surface area contributed by atoms with Crippen LogP contribution in [0.25, 0.3) is 11.3 Å². The van der Waals surface area contributed by atoms with Crippen LogP contribution in [0.1, 0.15) is 84.1 Å². The van der Waals surface area contributed by atoms with Gasteiger partial charge in [-0.15, -0.1) is 0 Å². The summed E-state index contributed by atoms with van der Waals surface area (Å²) in [7, 11) is 0. The number of pyridine rings is 2. The van der Waals surface area contributed by atoms with Gasteiger partial charge in [0.15, 0.2) is 0 Å². The van der Waals surface area contributed by atoms with Crippen LogP contribution in [0.4, 0.5) is 0 Å². The van der Waals surface area contributed by atoms with Crippen LogP contribution in [0.15, 0.2) is 83.9 Å². The van der Waals surface area contributed by atoms with E-state index in [9.17, 15) is 14.7 Å². The molecular formula is C39H44N4O4. The molecule has 8 nitrogen and oxygen atoms in total. The maximum atomic E-state index is 14.0. The molecule has 1 saturated carbocycles. The molecule has 244 valence electrons. The van der Waals surface area contributed by atoms with Gasteiger partial charge in [0.2, 0.25) is 0 Å². The molecule has 8 heteroatoms. The fraction of sp³-hybridized carbons (Fsp3) is 0.410. The number of nitrogens with one attached hydrogen (secondary N) is 2. The van der Waals surface area contributed by atoms with Gasteiger partial charge in [-0.05, 0) is 92.3 Å². The lowest BCUT2D eigenvalue weighted by Crippen LogP contribution is -2.52. The number of aliphatic hydroxyl groups is 1. The van der Waals surface area contributed by atoms with Crippen LogP contribution >= 0.6 is 0 Å². The van der Waals surface area contributed by atoms with Gasteiger partial charge in [-0.3, -0.25) is 14.6 Å². The quantitative estimate of drug-likeness (QED) is 0.258. The number of carbonyl (C=O) groups is 1. The Morgan fingerprint density at radius 3 is 2.70 bits per heavy atom. The number of rotatable bonds is 6. The van der Waals surface area contributed by atoms with Gasteiger partial charge < -0.3 is 25.0 Å². The first kappa shape index (κ1) is 31.3. The van der Waals surface area contributed by atoms with Crippen molar-refractivity contribution in [3.63, 3.8) is 0 Å². The van der Waals surface area contributed by atoms with Crippen molar-refractivity contribution in [3.05, 3.63) is 117 Å². The molecule has 1 aliphatic carbocycles. The second-order valence-corrected chi connectivity index (χ2v) is 13.5. The van der Waals surface area contributed by atoms with Crippen LogP contribution in [0.5, 0.6) is 5.75 Å². The molecule has 0 radical (unpaired) electrons. The van der Waals surface area contributed by atoms with E-state index in [0.717, 1.165) is 61.8 Å². The smallest absolute Gasteiger partial charge is 0.260 e. The Morgan fingerprint density at radius 2 is 1.91 bits per heavy atom. The van der Waals surface area contributed by atoms with Crippen LogP contribution in [-0.2, 0) is 25.8 Å². The fourth-order valence-corrected chi connectivity index (χ4v) is 7.35. The van der Waals surface area contributed by atoms with E-state index in [4.69, 9.17) is 4.74 Å². The van der Waals surface area contributed by atoms with E-state index in [0.29, 0.717) is 36.3 Å². The molecule has 2 aliphatic heterocycles. The number of aliphatic hydroxyl groups excluding tert-OH is 1. The van der Waals surface area contributed by atoms with Crippen molar-refractivity contribution in [1.82, 2.24) is 20.2 Å². The van der Waals surface area contributed by atoms with Crippen LogP contribution in [-0.4, -0.2) is 44.9 Å². The molecule has 0 saturated heterocycles. The molecule has 4 bridgehead atoms. The molecule has 1 spiro atoms. The third-order valence-corrected chi connectivity index (χ3v) is 10.2. The summed E-state index contributed by atoms with van der Waals surface area (Å²) in [4.78, 5) is 31.9. The minimum Gasteiger partial charge on any atom is -0.487 e. The van der Waals surface area contributed by atoms with E-state index >= 15 is 0 Å². The minimum atomic E-state index is -0.866. The monoisotopic (exact) mass is 632 g/mol. The number of amides is 1. The fourth-order valence-electron chi connectivity index (χ4n) is 7.35. The Labute approximate surface area is 276 Å². The molecule has 4 heterocycles. The molecule has 3 atom stereocenters. The average molecular weight is 633 g/mol. The molecule has 3 aliphatic rings. The van der Waals surface area contributed by atoms with E-state index in [1.807, 2.05) is 6.07 Å². The highest BCUT2D eigenvalue weighted by Gasteiger charge is 2.45. The van der Waals surface area contributed by atoms with E-state index in [2.05, 4.69) is 65.0 Å². The molecule has 3 N–H and O–H groups in total. The van der Waals surface area contributed by atoms with Crippen molar-refractivity contribution in [1.29, 1.82) is 0 Å². The van der Waals surface area contributed by atoms with Crippen molar-refractivity contribution in [2.45, 2.75) is 95.0 Å². The lowest BCUT2D eigenvalue weighted by atomic mass is 9.72. The second kappa shape index (κ2) is 13.5. The van der Waals surface area contributed by atoms with Crippen LogP contribution in [0, 0.1) is 0 Å². The Balaban J connectivity index is 1.18. The van der Waals surface area contributed by atoms with Crippen molar-refractivity contribution in [2.75, 3.05) is 6.54 Å². The summed E-state index contributed by atoms with van der Waals surface area (Å²) in [5.41, 5.74) is 5.67.